The number of hydrogen-bond donors (Lipinski definition) is 0. The second-order valence-corrected chi connectivity index (χ2v) is 4.64. The van der Waals surface area contributed by atoms with Crippen LogP contribution in [0.25, 0.3) is 0 Å². The summed E-state index contributed by atoms with van der Waals surface area (Å²) in [5.41, 5.74) is 0. The smallest absolute Gasteiger partial charge is 0.488 e. The summed E-state index contributed by atoms with van der Waals surface area (Å²) in [7, 11) is -2.72. The molecule has 6 heteroatoms. The van der Waals surface area contributed by atoms with Gasteiger partial charge in [-0.1, -0.05) is 0 Å². The second-order valence-electron chi connectivity index (χ2n) is 2.31. The summed E-state index contributed by atoms with van der Waals surface area (Å²) in [4.78, 5) is 9.66. The zero-order valence-corrected chi connectivity index (χ0v) is 9.70. The topological polar surface area (TPSA) is 49.4 Å². The summed E-state index contributed by atoms with van der Waals surface area (Å²) >= 11 is 10.6. The molecule has 0 rings (SSSR count). The maximum Gasteiger partial charge on any atom is 0.488 e. The molecule has 74 valence electrons. The molecule has 0 saturated carbocycles. The molecule has 0 aliphatic heterocycles. The third-order valence-corrected chi connectivity index (χ3v) is 0.895. The van der Waals surface area contributed by atoms with Crippen LogP contribution in [0, 0.1) is 0 Å². The van der Waals surface area contributed by atoms with Gasteiger partial charge >= 0.3 is 8.25 Å². The van der Waals surface area contributed by atoms with Gasteiger partial charge in [0.2, 0.25) is 0 Å². The molecule has 0 aromatic heterocycles. The first-order valence-electron chi connectivity index (χ1n) is 3.41. The fraction of sp³-hybridized carbons (Fsp3) is 1.00. The van der Waals surface area contributed by atoms with Crippen LogP contribution in [0.2, 0.25) is 0 Å². The molecule has 0 N–H and O–H groups in total. The van der Waals surface area contributed by atoms with E-state index in [0.29, 0.717) is 5.38 Å². The van der Waals surface area contributed by atoms with Gasteiger partial charge in [0, 0.05) is 5.38 Å². The van der Waals surface area contributed by atoms with Gasteiger partial charge in [-0.15, -0.1) is 27.7 Å². The van der Waals surface area contributed by atoms with Crippen LogP contribution >= 0.6 is 31.5 Å². The van der Waals surface area contributed by atoms with Gasteiger partial charge in [0.1, 0.15) is 6.61 Å². The van der Waals surface area contributed by atoms with Crippen LogP contribution in [-0.4, -0.2) is 17.4 Å². The molecule has 0 radical (unpaired) electrons. The highest BCUT2D eigenvalue weighted by Crippen LogP contribution is 2.10. The van der Waals surface area contributed by atoms with Gasteiger partial charge in [-0.2, -0.15) is 0 Å². The molecule has 3 nitrogen and oxygen atoms in total. The highest BCUT2D eigenvalue weighted by molar-refractivity contribution is 7.30. The van der Waals surface area contributed by atoms with Gasteiger partial charge in [0.25, 0.3) is 0 Å². The average Bonchev–Trinajstić information content (AvgIpc) is 1.82. The van der Waals surface area contributed by atoms with Crippen LogP contribution in [0.3, 0.4) is 0 Å². The van der Waals surface area contributed by atoms with Crippen molar-refractivity contribution in [1.82, 2.24) is 0 Å². The van der Waals surface area contributed by atoms with Gasteiger partial charge in [-0.05, 0) is 25.3 Å². The first-order valence-corrected chi connectivity index (χ1v) is 5.38. The first kappa shape index (κ1) is 15.1. The first-order chi connectivity index (χ1) is 5.36. The van der Waals surface area contributed by atoms with E-state index < -0.39 is 8.25 Å². The van der Waals surface area contributed by atoms with Crippen molar-refractivity contribution in [2.75, 3.05) is 6.61 Å². The normalized spacial score (nSPS) is 13.4. The Bertz CT molecular complexity index is 117. The predicted molar refractivity (Wildman–Crippen MR) is 49.9 cm³/mol. The van der Waals surface area contributed by atoms with E-state index in [-0.39, 0.29) is 12.0 Å². The summed E-state index contributed by atoms with van der Waals surface area (Å²) in [6.07, 6.45) is 0. The maximum absolute atomic E-state index is 9.66. The standard InChI is InChI=1S/C3H6ClO3P.C3H7Cl/c1-3(4)2-7-8(5)6;1-3(2)4/h3H,2H2,1H3;3H,1-2H3. The van der Waals surface area contributed by atoms with E-state index in [2.05, 4.69) is 4.52 Å². The fourth-order valence-electron chi connectivity index (χ4n) is 0.164. The van der Waals surface area contributed by atoms with Gasteiger partial charge < -0.3 is 4.89 Å². The minimum absolute atomic E-state index is 0.0558. The van der Waals surface area contributed by atoms with Crippen molar-refractivity contribution in [2.24, 2.45) is 0 Å². The summed E-state index contributed by atoms with van der Waals surface area (Å²) < 4.78 is 13.8. The zero-order valence-electron chi connectivity index (χ0n) is 7.29. The molecule has 0 fully saturated rings. The van der Waals surface area contributed by atoms with E-state index in [1.807, 2.05) is 13.8 Å². The van der Waals surface area contributed by atoms with Gasteiger partial charge in [0.15, 0.2) is 0 Å². The van der Waals surface area contributed by atoms with E-state index in [1.165, 1.54) is 0 Å². The van der Waals surface area contributed by atoms with E-state index in [0.717, 1.165) is 0 Å². The molecule has 2 atom stereocenters. The summed E-state index contributed by atoms with van der Waals surface area (Å²) in [6, 6.07) is 0. The minimum Gasteiger partial charge on any atom is -0.566 e. The zero-order chi connectivity index (χ0) is 10.1. The van der Waals surface area contributed by atoms with E-state index in [4.69, 9.17) is 23.2 Å². The van der Waals surface area contributed by atoms with Crippen molar-refractivity contribution in [3.63, 3.8) is 0 Å². The molecule has 0 saturated heterocycles. The number of hydrogen-bond acceptors (Lipinski definition) is 3. The summed E-state index contributed by atoms with van der Waals surface area (Å²) in [6.45, 7) is 5.57. The van der Waals surface area contributed by atoms with Gasteiger partial charge in [-0.25, -0.2) is 0 Å². The Morgan fingerprint density at radius 2 is 1.75 bits per heavy atom. The largest absolute Gasteiger partial charge is 0.566 e. The summed E-state index contributed by atoms with van der Waals surface area (Å²) in [5, 5.41) is 0.0582. The molecule has 0 aromatic rings. The lowest BCUT2D eigenvalue weighted by molar-refractivity contribution is -0.185. The lowest BCUT2D eigenvalue weighted by Crippen LogP contribution is -2.02. The van der Waals surface area contributed by atoms with Crippen LogP contribution in [0.4, 0.5) is 0 Å². The highest BCUT2D eigenvalue weighted by Gasteiger charge is 2.03. The lowest BCUT2D eigenvalue weighted by atomic mass is 10.5. The Labute approximate surface area is 84.0 Å². The molecule has 0 spiro atoms. The number of alkyl halides is 2. The molecule has 2 unspecified atom stereocenters. The molecule has 12 heavy (non-hydrogen) atoms. The lowest BCUT2D eigenvalue weighted by Gasteiger charge is -1.93. The van der Waals surface area contributed by atoms with Gasteiger partial charge in [0.05, 0.1) is 5.38 Å². The molecule has 0 heterocycles. The van der Waals surface area contributed by atoms with Crippen molar-refractivity contribution in [1.29, 1.82) is 0 Å². The van der Waals surface area contributed by atoms with Crippen LogP contribution in [0.15, 0.2) is 0 Å². The third kappa shape index (κ3) is 31.2. The number of halogens is 2. The predicted octanol–water partition coefficient (Wildman–Crippen LogP) is 2.28. The van der Waals surface area contributed by atoms with E-state index in [1.54, 1.807) is 6.92 Å². The molecule has 0 aliphatic carbocycles. The van der Waals surface area contributed by atoms with Gasteiger partial charge in [-0.3, -0.25) is 0 Å². The fourth-order valence-corrected chi connectivity index (χ4v) is 0.660. The van der Waals surface area contributed by atoms with Crippen LogP contribution in [0.5, 0.6) is 0 Å². The second kappa shape index (κ2) is 9.69. The Kier molecular flexibility index (Phi) is 12.2. The van der Waals surface area contributed by atoms with Crippen LogP contribution in [-0.2, 0) is 9.09 Å². The maximum atomic E-state index is 9.66. The molecular weight excluding hydrogens is 222 g/mol. The van der Waals surface area contributed by atoms with E-state index in [9.17, 15) is 9.46 Å². The number of rotatable bonds is 3. The highest BCUT2D eigenvalue weighted by atomic mass is 35.5. The Morgan fingerprint density at radius 1 is 1.42 bits per heavy atom. The monoisotopic (exact) mass is 234 g/mol. The van der Waals surface area contributed by atoms with Crippen molar-refractivity contribution in [3.05, 3.63) is 0 Å². The molecule has 0 bridgehead atoms. The minimum atomic E-state index is -2.72. The Hall–Kier alpha value is 0.600. The van der Waals surface area contributed by atoms with Crippen molar-refractivity contribution >= 4 is 31.5 Å². The third-order valence-electron chi connectivity index (χ3n) is 0.410. The Morgan fingerprint density at radius 3 is 1.83 bits per heavy atom. The molecule has 0 aliphatic rings. The molecular formula is C6H13Cl2O3P. The molecule has 0 amide bonds. The molecule has 0 aromatic carbocycles. The van der Waals surface area contributed by atoms with Crippen molar-refractivity contribution in [2.45, 2.75) is 31.5 Å². The van der Waals surface area contributed by atoms with Crippen LogP contribution < -0.4 is 4.89 Å². The van der Waals surface area contributed by atoms with Crippen molar-refractivity contribution < 1.29 is 14.0 Å². The van der Waals surface area contributed by atoms with Crippen LogP contribution in [0.1, 0.15) is 20.8 Å². The SMILES string of the molecule is CC(C)Cl.CC(Cl)CO[P+](=O)[O-]. The van der Waals surface area contributed by atoms with E-state index >= 15 is 0 Å². The Balaban J connectivity index is 0. The van der Waals surface area contributed by atoms with Crippen molar-refractivity contribution in [3.8, 4) is 0 Å². The summed E-state index contributed by atoms with van der Waals surface area (Å²) in [5.74, 6) is 0. The average molecular weight is 235 g/mol. The quantitative estimate of drug-likeness (QED) is 0.556.